The van der Waals surface area contributed by atoms with Crippen LogP contribution in [0.25, 0.3) is 105 Å². The summed E-state index contributed by atoms with van der Waals surface area (Å²) in [6, 6.07) is 62.3. The summed E-state index contributed by atoms with van der Waals surface area (Å²) in [5.41, 5.74) is 13.8. The summed E-state index contributed by atoms with van der Waals surface area (Å²) in [5.74, 6) is 0. The predicted molar refractivity (Wildman–Crippen MR) is 212 cm³/mol. The van der Waals surface area contributed by atoms with Crippen molar-refractivity contribution < 1.29 is 8.83 Å². The Morgan fingerprint density at radius 2 is 0.941 bits per heavy atom. The maximum absolute atomic E-state index is 6.84. The maximum atomic E-state index is 6.84. The fourth-order valence-corrected chi connectivity index (χ4v) is 8.07. The van der Waals surface area contributed by atoms with Gasteiger partial charge in [0.1, 0.15) is 22.3 Å². The predicted octanol–water partition coefficient (Wildman–Crippen LogP) is 13.6. The Hall–Kier alpha value is -6.84. The van der Waals surface area contributed by atoms with Crippen molar-refractivity contribution in [2.45, 2.75) is 0 Å². The normalized spacial score (nSPS) is 11.9. The van der Waals surface area contributed by atoms with E-state index in [9.17, 15) is 0 Å². The first-order chi connectivity index (χ1) is 25.3. The highest BCUT2D eigenvalue weighted by Gasteiger charge is 2.19. The number of rotatable bonds is 4. The smallest absolute Gasteiger partial charge is 0.145 e. The van der Waals surface area contributed by atoms with Gasteiger partial charge < -0.3 is 13.4 Å². The number of benzene rings is 8. The minimum atomic E-state index is 0.899. The lowest BCUT2D eigenvalue weighted by Gasteiger charge is -2.10. The lowest BCUT2D eigenvalue weighted by atomic mass is 9.97. The van der Waals surface area contributed by atoms with Gasteiger partial charge in [0.25, 0.3) is 0 Å². The molecule has 0 N–H and O–H groups in total. The molecule has 0 unspecified atom stereocenters. The summed E-state index contributed by atoms with van der Waals surface area (Å²) >= 11 is 0. The Balaban J connectivity index is 1.04. The van der Waals surface area contributed by atoms with Crippen molar-refractivity contribution in [2.24, 2.45) is 0 Å². The number of aromatic nitrogens is 1. The molecule has 0 amide bonds. The topological polar surface area (TPSA) is 31.2 Å². The van der Waals surface area contributed by atoms with Gasteiger partial charge in [-0.15, -0.1) is 0 Å². The van der Waals surface area contributed by atoms with Crippen molar-refractivity contribution in [3.05, 3.63) is 176 Å². The van der Waals surface area contributed by atoms with Crippen LogP contribution in [0.1, 0.15) is 0 Å². The molecule has 0 spiro atoms. The van der Waals surface area contributed by atoms with Crippen molar-refractivity contribution in [1.82, 2.24) is 4.57 Å². The Bertz CT molecular complexity index is 3120. The van der Waals surface area contributed by atoms with Crippen molar-refractivity contribution in [2.75, 3.05) is 0 Å². The fourth-order valence-electron chi connectivity index (χ4n) is 8.07. The van der Waals surface area contributed by atoms with Crippen molar-refractivity contribution in [3.63, 3.8) is 0 Å². The first-order valence-electron chi connectivity index (χ1n) is 17.3. The molecule has 0 radical (unpaired) electrons. The zero-order valence-corrected chi connectivity index (χ0v) is 27.5. The Labute approximate surface area is 293 Å². The van der Waals surface area contributed by atoms with Crippen LogP contribution in [0, 0.1) is 0 Å². The first-order valence-corrected chi connectivity index (χ1v) is 17.3. The summed E-state index contributed by atoms with van der Waals surface area (Å²) in [4.78, 5) is 0. The van der Waals surface area contributed by atoms with E-state index in [1.54, 1.807) is 0 Å². The minimum Gasteiger partial charge on any atom is -0.455 e. The Morgan fingerprint density at radius 3 is 1.75 bits per heavy atom. The number of furan rings is 2. The van der Waals surface area contributed by atoms with E-state index >= 15 is 0 Å². The van der Waals surface area contributed by atoms with E-state index < -0.39 is 0 Å². The number of nitrogens with zero attached hydrogens (tertiary/aromatic N) is 1. The molecule has 0 fully saturated rings. The molecular weight excluding hydrogens is 623 g/mol. The van der Waals surface area contributed by atoms with Gasteiger partial charge in [-0.1, -0.05) is 133 Å². The maximum Gasteiger partial charge on any atom is 0.145 e. The van der Waals surface area contributed by atoms with Crippen molar-refractivity contribution in [3.8, 4) is 39.1 Å². The highest BCUT2D eigenvalue weighted by molar-refractivity contribution is 6.24. The average Bonchev–Trinajstić information content (AvgIpc) is 3.88. The third-order valence-corrected chi connectivity index (χ3v) is 10.4. The Kier molecular flexibility index (Phi) is 5.96. The Morgan fingerprint density at radius 1 is 0.333 bits per heavy atom. The van der Waals surface area contributed by atoms with E-state index in [0.29, 0.717) is 0 Å². The summed E-state index contributed by atoms with van der Waals surface area (Å²) in [6.45, 7) is 0. The largest absolute Gasteiger partial charge is 0.455 e. The number of fused-ring (bicyclic) bond motifs is 10. The molecule has 238 valence electrons. The van der Waals surface area contributed by atoms with Crippen LogP contribution in [-0.4, -0.2) is 4.57 Å². The van der Waals surface area contributed by atoms with E-state index in [1.807, 2.05) is 12.1 Å². The SMILES string of the molecule is c1ccc(-c2cccc(-c3cccc4c3oc3c(-c5ccc(-n6c7ccccc7c7c8oc9ccccc9c8ccc76)cc5)cccc34)c2)cc1. The van der Waals surface area contributed by atoms with Crippen LogP contribution in [0.5, 0.6) is 0 Å². The molecule has 0 aliphatic heterocycles. The van der Waals surface area contributed by atoms with E-state index in [0.717, 1.165) is 88.2 Å². The van der Waals surface area contributed by atoms with Crippen LogP contribution in [0.15, 0.2) is 185 Å². The van der Waals surface area contributed by atoms with Gasteiger partial charge in [-0.3, -0.25) is 0 Å². The summed E-state index contributed by atoms with van der Waals surface area (Å²) in [5, 5.41) is 6.84. The van der Waals surface area contributed by atoms with Crippen LogP contribution < -0.4 is 0 Å². The minimum absolute atomic E-state index is 0.899. The van der Waals surface area contributed by atoms with Gasteiger partial charge in [0, 0.05) is 43.7 Å². The molecule has 0 atom stereocenters. The number of hydrogen-bond donors (Lipinski definition) is 0. The molecule has 0 aliphatic carbocycles. The van der Waals surface area contributed by atoms with Crippen LogP contribution in [-0.2, 0) is 0 Å². The highest BCUT2D eigenvalue weighted by Crippen LogP contribution is 2.43. The van der Waals surface area contributed by atoms with Gasteiger partial charge in [-0.2, -0.15) is 0 Å². The molecule has 3 aromatic heterocycles. The van der Waals surface area contributed by atoms with Gasteiger partial charge >= 0.3 is 0 Å². The molecule has 0 aliphatic rings. The highest BCUT2D eigenvalue weighted by atomic mass is 16.3. The van der Waals surface area contributed by atoms with E-state index in [2.05, 4.69) is 168 Å². The third kappa shape index (κ3) is 4.19. The van der Waals surface area contributed by atoms with Crippen LogP contribution in [0.3, 0.4) is 0 Å². The molecule has 3 nitrogen and oxygen atoms in total. The van der Waals surface area contributed by atoms with Gasteiger partial charge in [0.2, 0.25) is 0 Å². The monoisotopic (exact) mass is 651 g/mol. The van der Waals surface area contributed by atoms with Gasteiger partial charge in [0.15, 0.2) is 0 Å². The molecule has 0 bridgehead atoms. The second kappa shape index (κ2) is 10.8. The zero-order valence-electron chi connectivity index (χ0n) is 27.5. The van der Waals surface area contributed by atoms with Crippen molar-refractivity contribution in [1.29, 1.82) is 0 Å². The molecule has 3 heterocycles. The molecule has 51 heavy (non-hydrogen) atoms. The number of para-hydroxylation sites is 4. The van der Waals surface area contributed by atoms with E-state index in [1.165, 1.54) is 16.5 Å². The quantitative estimate of drug-likeness (QED) is 0.190. The molecule has 0 saturated carbocycles. The first kappa shape index (κ1) is 28.0. The van der Waals surface area contributed by atoms with Crippen LogP contribution in [0.4, 0.5) is 0 Å². The standard InChI is InChI=1S/C48H29NO2/c1-2-11-30(12-3-1)32-13-8-14-33(29-32)36-18-10-20-39-38-19-9-17-35(46(38)51-47(36)39)31-23-25-34(26-24-31)49-42-21-6-4-16-41(42)45-43(49)28-27-40-37-15-5-7-22-44(37)50-48(40)45/h1-29H. The van der Waals surface area contributed by atoms with Crippen LogP contribution in [0.2, 0.25) is 0 Å². The fraction of sp³-hybridized carbons (Fsp3) is 0. The van der Waals surface area contributed by atoms with Gasteiger partial charge in [0.05, 0.1) is 16.4 Å². The van der Waals surface area contributed by atoms with Gasteiger partial charge in [-0.05, 0) is 64.7 Å². The van der Waals surface area contributed by atoms with E-state index in [4.69, 9.17) is 8.83 Å². The molecule has 8 aromatic carbocycles. The zero-order chi connectivity index (χ0) is 33.5. The van der Waals surface area contributed by atoms with E-state index in [-0.39, 0.29) is 0 Å². The summed E-state index contributed by atoms with van der Waals surface area (Å²) in [6.07, 6.45) is 0. The molecule has 0 saturated heterocycles. The molecule has 11 aromatic rings. The molecular formula is C48H29NO2. The second-order valence-corrected chi connectivity index (χ2v) is 13.2. The third-order valence-electron chi connectivity index (χ3n) is 10.4. The lowest BCUT2D eigenvalue weighted by Crippen LogP contribution is -1.93. The molecule has 11 rings (SSSR count). The molecule has 3 heteroatoms. The summed E-state index contributed by atoms with van der Waals surface area (Å²) < 4.78 is 15.7. The van der Waals surface area contributed by atoms with Gasteiger partial charge in [-0.25, -0.2) is 0 Å². The second-order valence-electron chi connectivity index (χ2n) is 13.2. The lowest BCUT2D eigenvalue weighted by molar-refractivity contribution is 0.671. The summed E-state index contributed by atoms with van der Waals surface area (Å²) in [7, 11) is 0. The number of hydrogen-bond acceptors (Lipinski definition) is 2. The van der Waals surface area contributed by atoms with Crippen LogP contribution >= 0.6 is 0 Å². The average molecular weight is 652 g/mol. The van der Waals surface area contributed by atoms with Crippen molar-refractivity contribution >= 4 is 65.7 Å².